The maximum atomic E-state index is 5.55. The van der Waals surface area contributed by atoms with Crippen LogP contribution in [0.25, 0.3) is 0 Å². The molecule has 1 unspecified atom stereocenters. The predicted molar refractivity (Wildman–Crippen MR) is 68.4 cm³/mol. The van der Waals surface area contributed by atoms with E-state index in [-0.39, 0.29) is 0 Å². The highest BCUT2D eigenvalue weighted by atomic mass is 79.9. The van der Waals surface area contributed by atoms with E-state index in [1.165, 1.54) is 5.56 Å². The second-order valence-electron chi connectivity index (χ2n) is 4.29. The van der Waals surface area contributed by atoms with Crippen LogP contribution in [0.1, 0.15) is 25.8 Å². The number of nitrogens with two attached hydrogens (primary N) is 1. The molecule has 0 amide bonds. The van der Waals surface area contributed by atoms with Crippen molar-refractivity contribution in [2.24, 2.45) is 11.8 Å². The highest BCUT2D eigenvalue weighted by molar-refractivity contribution is 9.10. The van der Waals surface area contributed by atoms with Crippen molar-refractivity contribution >= 4 is 15.9 Å². The van der Waals surface area contributed by atoms with Gasteiger partial charge in [0.05, 0.1) is 0 Å². The lowest BCUT2D eigenvalue weighted by atomic mass is 9.98. The van der Waals surface area contributed by atoms with Crippen LogP contribution in [-0.2, 0) is 6.42 Å². The van der Waals surface area contributed by atoms with Crippen LogP contribution in [-0.4, -0.2) is 6.04 Å². The van der Waals surface area contributed by atoms with Crippen molar-refractivity contribution in [2.75, 3.05) is 0 Å². The van der Waals surface area contributed by atoms with E-state index in [1.807, 2.05) is 6.07 Å². The minimum absolute atomic E-state index is 0.351. The van der Waals surface area contributed by atoms with Crippen LogP contribution in [0.5, 0.6) is 0 Å². The Bertz CT molecular complexity index is 299. The third-order valence-corrected chi connectivity index (χ3v) is 3.19. The monoisotopic (exact) mass is 270 g/mol. The highest BCUT2D eigenvalue weighted by Gasteiger charge is 2.11. The molecule has 0 aromatic heterocycles. The Morgan fingerprint density at radius 2 is 2.00 bits per heavy atom. The summed E-state index contributed by atoms with van der Waals surface area (Å²) in [6.07, 6.45) is 2.06. The number of benzene rings is 1. The summed E-state index contributed by atoms with van der Waals surface area (Å²) in [6, 6.07) is 8.64. The average Bonchev–Trinajstić information content (AvgIpc) is 2.19. The summed E-state index contributed by atoms with van der Waals surface area (Å²) in [5.41, 5.74) is 4.19. The molecule has 0 spiro atoms. The summed E-state index contributed by atoms with van der Waals surface area (Å²) in [4.78, 5) is 0. The number of hydrogen-bond acceptors (Lipinski definition) is 2. The van der Waals surface area contributed by atoms with E-state index in [9.17, 15) is 0 Å². The molecule has 1 aromatic carbocycles. The fourth-order valence-corrected chi connectivity index (χ4v) is 2.16. The summed E-state index contributed by atoms with van der Waals surface area (Å²) in [6.45, 7) is 4.43. The molecular weight excluding hydrogens is 252 g/mol. The third-order valence-electron chi connectivity index (χ3n) is 2.42. The average molecular weight is 271 g/mol. The first-order valence-electron chi connectivity index (χ1n) is 5.33. The second-order valence-corrected chi connectivity index (χ2v) is 5.14. The zero-order valence-corrected chi connectivity index (χ0v) is 10.9. The molecule has 0 bridgehead atoms. The Morgan fingerprint density at radius 1 is 1.33 bits per heavy atom. The van der Waals surface area contributed by atoms with Gasteiger partial charge in [-0.25, -0.2) is 0 Å². The fourth-order valence-electron chi connectivity index (χ4n) is 1.71. The van der Waals surface area contributed by atoms with Crippen molar-refractivity contribution in [3.8, 4) is 0 Å². The molecule has 0 saturated carbocycles. The Kier molecular flexibility index (Phi) is 5.29. The summed E-state index contributed by atoms with van der Waals surface area (Å²) < 4.78 is 1.16. The van der Waals surface area contributed by atoms with E-state index in [0.717, 1.165) is 17.3 Å². The molecule has 0 radical (unpaired) electrons. The number of halogens is 1. The Hall–Kier alpha value is -0.380. The van der Waals surface area contributed by atoms with Crippen LogP contribution in [0.2, 0.25) is 0 Å². The van der Waals surface area contributed by atoms with E-state index >= 15 is 0 Å². The van der Waals surface area contributed by atoms with Crippen LogP contribution in [0.4, 0.5) is 0 Å². The molecule has 0 aliphatic rings. The molecule has 1 rings (SSSR count). The van der Waals surface area contributed by atoms with Gasteiger partial charge in [0.2, 0.25) is 0 Å². The maximum absolute atomic E-state index is 5.55. The van der Waals surface area contributed by atoms with Gasteiger partial charge in [0.1, 0.15) is 0 Å². The topological polar surface area (TPSA) is 38.0 Å². The predicted octanol–water partition coefficient (Wildman–Crippen LogP) is 2.87. The van der Waals surface area contributed by atoms with E-state index < -0.39 is 0 Å². The minimum atomic E-state index is 0.351. The maximum Gasteiger partial charge on any atom is 0.0253 e. The van der Waals surface area contributed by atoms with Crippen molar-refractivity contribution in [3.05, 3.63) is 34.3 Å². The van der Waals surface area contributed by atoms with Crippen LogP contribution >= 0.6 is 15.9 Å². The molecule has 0 fully saturated rings. The van der Waals surface area contributed by atoms with Gasteiger partial charge in [0.15, 0.2) is 0 Å². The normalized spacial score (nSPS) is 13.1. The zero-order chi connectivity index (χ0) is 11.3. The van der Waals surface area contributed by atoms with Gasteiger partial charge in [-0.3, -0.25) is 11.3 Å². The quantitative estimate of drug-likeness (QED) is 0.638. The Labute approximate surface area is 100 Å². The van der Waals surface area contributed by atoms with Crippen LogP contribution < -0.4 is 11.3 Å². The van der Waals surface area contributed by atoms with E-state index in [0.29, 0.717) is 12.0 Å². The summed E-state index contributed by atoms with van der Waals surface area (Å²) in [7, 11) is 0. The summed E-state index contributed by atoms with van der Waals surface area (Å²) >= 11 is 3.55. The van der Waals surface area contributed by atoms with Gasteiger partial charge in [-0.2, -0.15) is 0 Å². The van der Waals surface area contributed by atoms with E-state index in [4.69, 9.17) is 5.84 Å². The number of nitrogens with one attached hydrogen (secondary N) is 1. The zero-order valence-electron chi connectivity index (χ0n) is 9.33. The summed E-state index contributed by atoms with van der Waals surface area (Å²) in [5.74, 6) is 6.21. The molecule has 0 heterocycles. The van der Waals surface area contributed by atoms with Crippen molar-refractivity contribution < 1.29 is 0 Å². The van der Waals surface area contributed by atoms with E-state index in [1.54, 1.807) is 0 Å². The molecule has 84 valence electrons. The smallest absolute Gasteiger partial charge is 0.0253 e. The molecule has 3 heteroatoms. The molecule has 1 atom stereocenters. The summed E-state index contributed by atoms with van der Waals surface area (Å²) in [5, 5.41) is 0. The number of rotatable bonds is 5. The van der Waals surface area contributed by atoms with Crippen LogP contribution in [0.3, 0.4) is 0 Å². The lowest BCUT2D eigenvalue weighted by molar-refractivity contribution is 0.423. The van der Waals surface area contributed by atoms with Gasteiger partial charge in [0, 0.05) is 10.5 Å². The first-order chi connectivity index (χ1) is 7.13. The van der Waals surface area contributed by atoms with Crippen molar-refractivity contribution in [1.82, 2.24) is 5.43 Å². The fraction of sp³-hybridized carbons (Fsp3) is 0.500. The first kappa shape index (κ1) is 12.7. The van der Waals surface area contributed by atoms with E-state index in [2.05, 4.69) is 53.4 Å². The first-order valence-corrected chi connectivity index (χ1v) is 6.12. The molecule has 15 heavy (non-hydrogen) atoms. The molecule has 2 nitrogen and oxygen atoms in total. The van der Waals surface area contributed by atoms with Gasteiger partial charge < -0.3 is 0 Å². The van der Waals surface area contributed by atoms with Gasteiger partial charge >= 0.3 is 0 Å². The van der Waals surface area contributed by atoms with Crippen molar-refractivity contribution in [3.63, 3.8) is 0 Å². The second kappa shape index (κ2) is 6.26. The molecular formula is C12H19BrN2. The molecule has 0 saturated heterocycles. The SMILES string of the molecule is CC(C)CC(Cc1ccccc1Br)NN. The molecule has 0 aliphatic carbocycles. The van der Waals surface area contributed by atoms with Crippen molar-refractivity contribution in [1.29, 1.82) is 0 Å². The van der Waals surface area contributed by atoms with Crippen molar-refractivity contribution in [2.45, 2.75) is 32.7 Å². The number of hydrogen-bond donors (Lipinski definition) is 2. The van der Waals surface area contributed by atoms with Gasteiger partial charge in [-0.05, 0) is 30.4 Å². The van der Waals surface area contributed by atoms with Crippen LogP contribution in [0.15, 0.2) is 28.7 Å². The molecule has 0 aliphatic heterocycles. The van der Waals surface area contributed by atoms with Gasteiger partial charge in [-0.1, -0.05) is 48.0 Å². The van der Waals surface area contributed by atoms with Crippen LogP contribution in [0, 0.1) is 5.92 Å². The lowest BCUT2D eigenvalue weighted by Gasteiger charge is -2.18. The molecule has 3 N–H and O–H groups in total. The molecule has 1 aromatic rings. The van der Waals surface area contributed by atoms with Gasteiger partial charge in [-0.15, -0.1) is 0 Å². The minimum Gasteiger partial charge on any atom is -0.271 e. The standard InChI is InChI=1S/C12H19BrN2/c1-9(2)7-11(15-14)8-10-5-3-4-6-12(10)13/h3-6,9,11,15H,7-8,14H2,1-2H3. The highest BCUT2D eigenvalue weighted by Crippen LogP contribution is 2.19. The Balaban J connectivity index is 2.62. The third kappa shape index (κ3) is 4.33. The lowest BCUT2D eigenvalue weighted by Crippen LogP contribution is -2.37. The Morgan fingerprint density at radius 3 is 2.53 bits per heavy atom. The van der Waals surface area contributed by atoms with Gasteiger partial charge in [0.25, 0.3) is 0 Å². The number of hydrazine groups is 1. The largest absolute Gasteiger partial charge is 0.271 e.